The van der Waals surface area contributed by atoms with Crippen molar-refractivity contribution in [2.45, 2.75) is 10.6 Å². The second-order valence-corrected chi connectivity index (χ2v) is 6.01. The molecule has 0 spiro atoms. The van der Waals surface area contributed by atoms with Crippen molar-refractivity contribution in [3.63, 3.8) is 0 Å². The van der Waals surface area contributed by atoms with Crippen molar-refractivity contribution < 1.29 is 9.90 Å². The molecule has 0 saturated carbocycles. The molecule has 0 aliphatic rings. The number of carbonyl (C=O) groups is 1. The van der Waals surface area contributed by atoms with E-state index in [0.29, 0.717) is 16.3 Å². The van der Waals surface area contributed by atoms with Crippen LogP contribution in [-0.4, -0.2) is 11.1 Å². The maximum atomic E-state index is 11.2. The molecule has 6 nitrogen and oxygen atoms in total. The normalized spacial score (nSPS) is 9.27. The summed E-state index contributed by atoms with van der Waals surface area (Å²) in [5, 5.41) is 38.6. The van der Waals surface area contributed by atoms with Crippen LogP contribution in [0.1, 0.15) is 15.9 Å². The maximum absolute atomic E-state index is 11.2. The Kier molecular flexibility index (Phi) is 6.40. The highest BCUT2D eigenvalue weighted by Crippen LogP contribution is 2.27. The summed E-state index contributed by atoms with van der Waals surface area (Å²) in [6, 6.07) is 19.0. The monoisotopic (exact) mass is 360 g/mol. The molecular weight excluding hydrogens is 348 g/mol. The van der Waals surface area contributed by atoms with Crippen LogP contribution in [0.3, 0.4) is 0 Å². The third kappa shape index (κ3) is 4.64. The van der Waals surface area contributed by atoms with Gasteiger partial charge in [0.25, 0.3) is 0 Å². The van der Waals surface area contributed by atoms with E-state index < -0.39 is 5.97 Å². The van der Waals surface area contributed by atoms with Crippen molar-refractivity contribution in [2.24, 2.45) is 0 Å². The van der Waals surface area contributed by atoms with Crippen LogP contribution < -0.4 is 5.32 Å². The number of carboxylic acid groups (broad SMARTS) is 1. The van der Waals surface area contributed by atoms with Gasteiger partial charge in [-0.25, -0.2) is 4.79 Å². The summed E-state index contributed by atoms with van der Waals surface area (Å²) in [7, 11) is 0. The zero-order chi connectivity index (χ0) is 18.9. The van der Waals surface area contributed by atoms with E-state index in [0.717, 1.165) is 5.56 Å². The van der Waals surface area contributed by atoms with Crippen LogP contribution in [0.5, 0.6) is 0 Å². The Labute approximate surface area is 154 Å². The number of nitrogens with zero attached hydrogens (tertiary/aromatic N) is 3. The Morgan fingerprint density at radius 2 is 1.65 bits per heavy atom. The highest BCUT2D eigenvalue weighted by molar-refractivity contribution is 7.98. The molecule has 0 aliphatic heterocycles. The van der Waals surface area contributed by atoms with Gasteiger partial charge >= 0.3 is 5.97 Å². The lowest BCUT2D eigenvalue weighted by atomic mass is 10.2. The summed E-state index contributed by atoms with van der Waals surface area (Å²) in [6.45, 7) is 0. The van der Waals surface area contributed by atoms with Crippen molar-refractivity contribution in [1.29, 1.82) is 15.8 Å². The number of thioether (sulfide) groups is 1. The average Bonchev–Trinajstić information content (AvgIpc) is 2.67. The van der Waals surface area contributed by atoms with Gasteiger partial charge in [0.2, 0.25) is 0 Å². The first-order chi connectivity index (χ1) is 12.6. The number of anilines is 1. The molecule has 2 N–H and O–H groups in total. The Morgan fingerprint density at radius 1 is 1.00 bits per heavy atom. The van der Waals surface area contributed by atoms with Crippen LogP contribution >= 0.6 is 11.8 Å². The summed E-state index contributed by atoms with van der Waals surface area (Å²) >= 11 is 1.42. The van der Waals surface area contributed by atoms with Crippen LogP contribution in [0, 0.1) is 34.0 Å². The average molecular weight is 360 g/mol. The van der Waals surface area contributed by atoms with E-state index in [4.69, 9.17) is 15.8 Å². The molecule has 0 atom stereocenters. The first-order valence-electron chi connectivity index (χ1n) is 7.34. The fourth-order valence-electron chi connectivity index (χ4n) is 2.04. The molecule has 0 aliphatic carbocycles. The van der Waals surface area contributed by atoms with E-state index in [2.05, 4.69) is 5.32 Å². The molecule has 0 unspecified atom stereocenters. The third-order valence-corrected chi connectivity index (χ3v) is 4.47. The van der Waals surface area contributed by atoms with Crippen molar-refractivity contribution in [2.75, 3.05) is 5.32 Å². The number of hydrogen-bond acceptors (Lipinski definition) is 6. The number of benzene rings is 2. The lowest BCUT2D eigenvalue weighted by Gasteiger charge is -2.08. The topological polar surface area (TPSA) is 121 Å². The zero-order valence-electron chi connectivity index (χ0n) is 13.4. The summed E-state index contributed by atoms with van der Waals surface area (Å²) < 4.78 is 0. The molecule has 0 bridgehead atoms. The number of carboxylic acids is 1. The summed E-state index contributed by atoms with van der Waals surface area (Å²) in [5.74, 6) is -0.387. The van der Waals surface area contributed by atoms with Gasteiger partial charge in [-0.3, -0.25) is 0 Å². The molecule has 26 heavy (non-hydrogen) atoms. The van der Waals surface area contributed by atoms with E-state index >= 15 is 0 Å². The zero-order valence-corrected chi connectivity index (χ0v) is 14.2. The van der Waals surface area contributed by atoms with Gasteiger partial charge in [-0.2, -0.15) is 15.8 Å². The largest absolute Gasteiger partial charge is 0.478 e. The molecule has 0 fully saturated rings. The van der Waals surface area contributed by atoms with Crippen LogP contribution in [-0.2, 0) is 5.75 Å². The van der Waals surface area contributed by atoms with Gasteiger partial charge in [-0.1, -0.05) is 24.3 Å². The van der Waals surface area contributed by atoms with Crippen LogP contribution in [0.25, 0.3) is 0 Å². The summed E-state index contributed by atoms with van der Waals surface area (Å²) in [4.78, 5) is 11.9. The maximum Gasteiger partial charge on any atom is 0.336 e. The van der Waals surface area contributed by atoms with E-state index in [1.807, 2.05) is 12.1 Å². The van der Waals surface area contributed by atoms with E-state index in [1.165, 1.54) is 11.8 Å². The molecule has 0 heterocycles. The second kappa shape index (κ2) is 8.94. The lowest BCUT2D eigenvalue weighted by molar-refractivity contribution is 0.0693. The minimum absolute atomic E-state index is 0.104. The van der Waals surface area contributed by atoms with E-state index in [-0.39, 0.29) is 16.8 Å². The summed E-state index contributed by atoms with van der Waals surface area (Å²) in [6.07, 6.45) is 0. The van der Waals surface area contributed by atoms with E-state index in [9.17, 15) is 9.90 Å². The SMILES string of the molecule is N#CC(C#N)=C(C#N)Nc1ccc(CSc2ccccc2C(=O)O)cc1. The van der Waals surface area contributed by atoms with Crippen LogP contribution in [0.15, 0.2) is 64.7 Å². The van der Waals surface area contributed by atoms with Crippen LogP contribution in [0.2, 0.25) is 0 Å². The molecule has 126 valence electrons. The number of nitrogens with one attached hydrogen (secondary N) is 1. The van der Waals surface area contributed by atoms with Gasteiger partial charge in [-0.15, -0.1) is 11.8 Å². The molecule has 0 amide bonds. The molecule has 0 saturated heterocycles. The highest BCUT2D eigenvalue weighted by Gasteiger charge is 2.10. The van der Waals surface area contributed by atoms with Gasteiger partial charge in [-0.05, 0) is 29.8 Å². The van der Waals surface area contributed by atoms with Gasteiger partial charge < -0.3 is 10.4 Å². The van der Waals surface area contributed by atoms with Crippen molar-refractivity contribution >= 4 is 23.4 Å². The molecule has 0 aromatic heterocycles. The first-order valence-corrected chi connectivity index (χ1v) is 8.33. The smallest absolute Gasteiger partial charge is 0.336 e. The predicted octanol–water partition coefficient (Wildman–Crippen LogP) is 3.91. The minimum atomic E-state index is -0.964. The fraction of sp³-hybridized carbons (Fsp3) is 0.0526. The standard InChI is InChI=1S/C19H12N4O2S/c20-9-14(10-21)17(11-22)23-15-7-5-13(6-8-15)12-26-18-4-2-1-3-16(18)19(24)25/h1-8,23H,12H2,(H,24,25). The minimum Gasteiger partial charge on any atom is -0.478 e. The fourth-order valence-corrected chi connectivity index (χ4v) is 3.04. The Balaban J connectivity index is 2.09. The molecule has 2 aromatic carbocycles. The van der Waals surface area contributed by atoms with Crippen LogP contribution in [0.4, 0.5) is 5.69 Å². The number of aromatic carboxylic acids is 1. The van der Waals surface area contributed by atoms with E-state index in [1.54, 1.807) is 54.6 Å². The third-order valence-electron chi connectivity index (χ3n) is 3.32. The molecule has 2 rings (SSSR count). The lowest BCUT2D eigenvalue weighted by Crippen LogP contribution is -2.00. The highest BCUT2D eigenvalue weighted by atomic mass is 32.2. The Morgan fingerprint density at radius 3 is 2.23 bits per heavy atom. The molecule has 2 aromatic rings. The quantitative estimate of drug-likeness (QED) is 0.591. The number of allylic oxidation sites excluding steroid dienone is 2. The van der Waals surface area contributed by atoms with Crippen molar-refractivity contribution in [1.82, 2.24) is 0 Å². The Hall–Kier alpha value is -3.73. The van der Waals surface area contributed by atoms with Gasteiger partial charge in [0.1, 0.15) is 23.9 Å². The molecular formula is C19H12N4O2S. The van der Waals surface area contributed by atoms with Gasteiger partial charge in [0, 0.05) is 16.3 Å². The molecule has 0 radical (unpaired) electrons. The number of hydrogen-bond donors (Lipinski definition) is 2. The second-order valence-electron chi connectivity index (χ2n) is 5.00. The molecule has 7 heteroatoms. The van der Waals surface area contributed by atoms with Gasteiger partial charge in [0.05, 0.1) is 5.56 Å². The predicted molar refractivity (Wildman–Crippen MR) is 96.9 cm³/mol. The van der Waals surface area contributed by atoms with Gasteiger partial charge in [0.15, 0.2) is 5.57 Å². The number of nitriles is 3. The Bertz CT molecular complexity index is 960. The first kappa shape index (κ1) is 18.6. The number of rotatable bonds is 6. The van der Waals surface area contributed by atoms with Crippen molar-refractivity contribution in [3.8, 4) is 18.2 Å². The summed E-state index contributed by atoms with van der Waals surface area (Å²) in [5.41, 5.74) is 1.42. The van der Waals surface area contributed by atoms with Crippen molar-refractivity contribution in [3.05, 3.63) is 70.9 Å².